The normalized spacial score (nSPS) is 14.9. The Morgan fingerprint density at radius 1 is 0.861 bits per heavy atom. The highest BCUT2D eigenvalue weighted by atomic mass is 16.4. The quantitative estimate of drug-likeness (QED) is 0.0470. The summed E-state index contributed by atoms with van der Waals surface area (Å²) in [5, 5.41) is 35.1. The number of aliphatic hydroxyl groups is 1. The molecule has 0 saturated carbocycles. The lowest BCUT2D eigenvalue weighted by molar-refractivity contribution is -0.144. The van der Waals surface area contributed by atoms with Gasteiger partial charge in [0.25, 0.3) is 0 Å². The number of unbranched alkanes of at least 4 members (excludes halogenated alkanes) is 1. The number of amides is 3. The summed E-state index contributed by atoms with van der Waals surface area (Å²) in [4.78, 5) is 64.1. The SMILES string of the molecule is CC(O)C(NC(=O)C(N)CCCCN)C(=O)NC(CC(=O)O)C(=O)NC(CCCN=C(N)N)C(=O)O. The first-order chi connectivity index (χ1) is 16.8. The van der Waals surface area contributed by atoms with Crippen LogP contribution in [0.1, 0.15) is 45.4 Å². The Morgan fingerprint density at radius 2 is 1.47 bits per heavy atom. The van der Waals surface area contributed by atoms with Gasteiger partial charge in [0.2, 0.25) is 17.7 Å². The second-order valence-electron chi connectivity index (χ2n) is 8.13. The van der Waals surface area contributed by atoms with Gasteiger partial charge in [-0.05, 0) is 39.2 Å². The molecule has 0 aliphatic heterocycles. The number of nitrogens with two attached hydrogens (primary N) is 4. The highest BCUT2D eigenvalue weighted by Crippen LogP contribution is 2.04. The standard InChI is InChI=1S/C20H38N8O8/c1-10(29)15(28-16(32)11(22)5-2-3-7-21)18(34)27-13(9-14(30)31)17(33)26-12(19(35)36)6-4-8-25-20(23)24/h10-13,15,29H,2-9,21-22H2,1H3,(H,26,33)(H,27,34)(H,28,32)(H,30,31)(H,35,36)(H4,23,24,25). The number of hydrogen-bond donors (Lipinski definition) is 10. The lowest BCUT2D eigenvalue weighted by Gasteiger charge is -2.26. The number of guanidine groups is 1. The summed E-state index contributed by atoms with van der Waals surface area (Å²) in [6.45, 7) is 1.72. The number of carbonyl (C=O) groups excluding carboxylic acids is 3. The Labute approximate surface area is 208 Å². The smallest absolute Gasteiger partial charge is 0.326 e. The number of hydrogen-bond acceptors (Lipinski definition) is 9. The van der Waals surface area contributed by atoms with Gasteiger partial charge in [0.15, 0.2) is 5.96 Å². The summed E-state index contributed by atoms with van der Waals surface area (Å²) in [5.41, 5.74) is 21.6. The van der Waals surface area contributed by atoms with Crippen molar-refractivity contribution in [2.45, 2.75) is 75.7 Å². The summed E-state index contributed by atoms with van der Waals surface area (Å²) in [7, 11) is 0. The minimum Gasteiger partial charge on any atom is -0.481 e. The minimum atomic E-state index is -1.70. The summed E-state index contributed by atoms with van der Waals surface area (Å²) in [6, 6.07) is -5.67. The van der Waals surface area contributed by atoms with Crippen LogP contribution >= 0.6 is 0 Å². The summed E-state index contributed by atoms with van der Waals surface area (Å²) in [5.74, 6) is -5.94. The van der Waals surface area contributed by atoms with Crippen molar-refractivity contribution in [3.8, 4) is 0 Å². The first-order valence-electron chi connectivity index (χ1n) is 11.3. The van der Waals surface area contributed by atoms with Crippen molar-refractivity contribution in [1.82, 2.24) is 16.0 Å². The van der Waals surface area contributed by atoms with E-state index in [0.29, 0.717) is 19.4 Å². The Kier molecular flexibility index (Phi) is 15.4. The van der Waals surface area contributed by atoms with E-state index >= 15 is 0 Å². The summed E-state index contributed by atoms with van der Waals surface area (Å²) < 4.78 is 0. The molecule has 206 valence electrons. The zero-order valence-corrected chi connectivity index (χ0v) is 20.2. The monoisotopic (exact) mass is 518 g/mol. The van der Waals surface area contributed by atoms with Crippen molar-refractivity contribution in [2.24, 2.45) is 27.9 Å². The van der Waals surface area contributed by atoms with Crippen LogP contribution in [0, 0.1) is 0 Å². The van der Waals surface area contributed by atoms with Crippen molar-refractivity contribution in [1.29, 1.82) is 0 Å². The Morgan fingerprint density at radius 3 is 1.97 bits per heavy atom. The average Bonchev–Trinajstić information content (AvgIpc) is 2.77. The molecule has 3 amide bonds. The predicted octanol–water partition coefficient (Wildman–Crippen LogP) is -4.11. The van der Waals surface area contributed by atoms with Gasteiger partial charge in [-0.3, -0.25) is 24.2 Å². The first kappa shape index (κ1) is 32.5. The van der Waals surface area contributed by atoms with E-state index in [4.69, 9.17) is 28.0 Å². The maximum atomic E-state index is 12.7. The van der Waals surface area contributed by atoms with E-state index in [1.54, 1.807) is 0 Å². The molecule has 0 bridgehead atoms. The maximum Gasteiger partial charge on any atom is 0.326 e. The summed E-state index contributed by atoms with van der Waals surface area (Å²) >= 11 is 0. The number of aliphatic imine (C=N–C) groups is 1. The largest absolute Gasteiger partial charge is 0.481 e. The van der Waals surface area contributed by atoms with Crippen LogP contribution in [-0.4, -0.2) is 94.3 Å². The molecule has 0 radical (unpaired) electrons. The van der Waals surface area contributed by atoms with Crippen LogP contribution in [0.3, 0.4) is 0 Å². The fraction of sp³-hybridized carbons (Fsp3) is 0.700. The third-order valence-electron chi connectivity index (χ3n) is 4.94. The Hall–Kier alpha value is -3.50. The fourth-order valence-corrected chi connectivity index (χ4v) is 2.98. The minimum absolute atomic E-state index is 0.0833. The number of aliphatic carboxylic acids is 2. The van der Waals surface area contributed by atoms with Crippen LogP contribution in [0.15, 0.2) is 4.99 Å². The molecule has 36 heavy (non-hydrogen) atoms. The van der Waals surface area contributed by atoms with Gasteiger partial charge in [-0.2, -0.15) is 0 Å². The second-order valence-corrected chi connectivity index (χ2v) is 8.13. The number of nitrogens with zero attached hydrogens (tertiary/aromatic N) is 1. The van der Waals surface area contributed by atoms with E-state index in [1.165, 1.54) is 6.92 Å². The van der Waals surface area contributed by atoms with Crippen molar-refractivity contribution in [3.63, 3.8) is 0 Å². The number of aliphatic hydroxyl groups excluding tert-OH is 1. The fourth-order valence-electron chi connectivity index (χ4n) is 2.98. The molecule has 0 aromatic heterocycles. The predicted molar refractivity (Wildman–Crippen MR) is 128 cm³/mol. The van der Waals surface area contributed by atoms with Gasteiger partial charge in [0.05, 0.1) is 18.6 Å². The van der Waals surface area contributed by atoms with Gasteiger partial charge in [0, 0.05) is 6.54 Å². The Bertz CT molecular complexity index is 788. The van der Waals surface area contributed by atoms with E-state index in [0.717, 1.165) is 0 Å². The zero-order chi connectivity index (χ0) is 27.8. The molecule has 5 unspecified atom stereocenters. The molecular weight excluding hydrogens is 480 g/mol. The van der Waals surface area contributed by atoms with Gasteiger partial charge in [0.1, 0.15) is 18.1 Å². The molecule has 0 aromatic carbocycles. The van der Waals surface area contributed by atoms with Gasteiger partial charge in [-0.1, -0.05) is 6.42 Å². The molecule has 16 heteroatoms. The van der Waals surface area contributed by atoms with Crippen LogP contribution in [0.5, 0.6) is 0 Å². The van der Waals surface area contributed by atoms with Gasteiger partial charge in [-0.15, -0.1) is 0 Å². The highest BCUT2D eigenvalue weighted by Gasteiger charge is 2.33. The number of rotatable bonds is 18. The van der Waals surface area contributed by atoms with Crippen molar-refractivity contribution >= 4 is 35.6 Å². The maximum absolute atomic E-state index is 12.7. The highest BCUT2D eigenvalue weighted by molar-refractivity contribution is 5.95. The van der Waals surface area contributed by atoms with E-state index < -0.39 is 66.4 Å². The molecule has 16 nitrogen and oxygen atoms in total. The third-order valence-corrected chi connectivity index (χ3v) is 4.94. The summed E-state index contributed by atoms with van der Waals surface area (Å²) in [6.07, 6.45) is -0.737. The second kappa shape index (κ2) is 17.0. The molecular formula is C20H38N8O8. The van der Waals surface area contributed by atoms with Gasteiger partial charge in [-0.25, -0.2) is 4.79 Å². The lowest BCUT2D eigenvalue weighted by atomic mass is 10.1. The number of carboxylic acids is 2. The molecule has 0 aromatic rings. The van der Waals surface area contributed by atoms with Crippen LogP contribution in [0.2, 0.25) is 0 Å². The van der Waals surface area contributed by atoms with E-state index in [-0.39, 0.29) is 31.8 Å². The number of carboxylic acid groups (broad SMARTS) is 2. The van der Waals surface area contributed by atoms with Crippen molar-refractivity contribution in [2.75, 3.05) is 13.1 Å². The van der Waals surface area contributed by atoms with Crippen LogP contribution in [0.4, 0.5) is 0 Å². The van der Waals surface area contributed by atoms with Crippen molar-refractivity contribution < 1.29 is 39.3 Å². The topological polar surface area (TPSA) is 299 Å². The molecule has 0 spiro atoms. The molecule has 14 N–H and O–H groups in total. The molecule has 0 heterocycles. The molecule has 0 aliphatic carbocycles. The average molecular weight is 519 g/mol. The van der Waals surface area contributed by atoms with Crippen LogP contribution in [0.25, 0.3) is 0 Å². The van der Waals surface area contributed by atoms with E-state index in [1.807, 2.05) is 0 Å². The van der Waals surface area contributed by atoms with E-state index in [9.17, 15) is 34.2 Å². The third kappa shape index (κ3) is 13.4. The zero-order valence-electron chi connectivity index (χ0n) is 20.2. The van der Waals surface area contributed by atoms with E-state index in [2.05, 4.69) is 20.9 Å². The van der Waals surface area contributed by atoms with Gasteiger partial charge < -0.3 is 54.2 Å². The van der Waals surface area contributed by atoms with Crippen LogP contribution < -0.4 is 38.9 Å². The molecule has 0 saturated heterocycles. The molecule has 0 rings (SSSR count). The number of carbonyl (C=O) groups is 5. The molecule has 0 fully saturated rings. The Balaban J connectivity index is 5.35. The molecule has 5 atom stereocenters. The van der Waals surface area contributed by atoms with Crippen molar-refractivity contribution in [3.05, 3.63) is 0 Å². The number of nitrogens with one attached hydrogen (secondary N) is 3. The lowest BCUT2D eigenvalue weighted by Crippen LogP contribution is -2.60. The van der Waals surface area contributed by atoms with Gasteiger partial charge >= 0.3 is 11.9 Å². The first-order valence-corrected chi connectivity index (χ1v) is 11.3. The van der Waals surface area contributed by atoms with Crippen LogP contribution in [-0.2, 0) is 24.0 Å². The molecule has 0 aliphatic rings.